The van der Waals surface area contributed by atoms with Crippen molar-refractivity contribution in [2.24, 2.45) is 58.7 Å². The molecule has 7 saturated carbocycles. The number of hydrogen-bond acceptors (Lipinski definition) is 2. The van der Waals surface area contributed by atoms with Crippen LogP contribution in [0.25, 0.3) is 0 Å². The third kappa shape index (κ3) is 1.67. The van der Waals surface area contributed by atoms with Gasteiger partial charge in [-0.15, -0.1) is 0 Å². The number of esters is 1. The fourth-order valence-corrected chi connectivity index (χ4v) is 8.34. The van der Waals surface area contributed by atoms with Gasteiger partial charge in [0.1, 0.15) is 5.60 Å². The normalized spacial score (nSPS) is 56.8. The first kappa shape index (κ1) is 15.7. The predicted octanol–water partition coefficient (Wildman–Crippen LogP) is 4.92. The van der Waals surface area contributed by atoms with E-state index < -0.39 is 0 Å². The van der Waals surface area contributed by atoms with E-state index in [-0.39, 0.29) is 17.0 Å². The van der Waals surface area contributed by atoms with E-state index in [0.717, 1.165) is 47.8 Å². The van der Waals surface area contributed by atoms with Crippen molar-refractivity contribution in [1.29, 1.82) is 0 Å². The number of ether oxygens (including phenoxy) is 1. The fourth-order valence-electron chi connectivity index (χ4n) is 8.34. The minimum Gasteiger partial charge on any atom is -0.458 e. The van der Waals surface area contributed by atoms with Crippen LogP contribution >= 0.6 is 0 Å². The molecule has 0 saturated heterocycles. The van der Waals surface area contributed by atoms with Crippen molar-refractivity contribution in [2.45, 2.75) is 72.3 Å². The second-order valence-electron chi connectivity index (χ2n) is 10.8. The van der Waals surface area contributed by atoms with Crippen molar-refractivity contribution in [3.8, 4) is 0 Å². The van der Waals surface area contributed by atoms with Crippen LogP contribution in [0.5, 0.6) is 0 Å². The van der Waals surface area contributed by atoms with E-state index in [4.69, 9.17) is 4.74 Å². The second kappa shape index (κ2) is 4.60. The van der Waals surface area contributed by atoms with Crippen LogP contribution in [0.15, 0.2) is 0 Å². The molecular formula is C22H34O2. The molecule has 2 nitrogen and oxygen atoms in total. The summed E-state index contributed by atoms with van der Waals surface area (Å²) in [5.74, 6) is 7.88. The Morgan fingerprint density at radius 1 is 1.08 bits per heavy atom. The quantitative estimate of drug-likeness (QED) is 0.687. The lowest BCUT2D eigenvalue weighted by Gasteiger charge is -2.75. The lowest BCUT2D eigenvalue weighted by Crippen LogP contribution is -2.73. The Morgan fingerprint density at radius 3 is 2.21 bits per heavy atom. The Morgan fingerprint density at radius 2 is 1.67 bits per heavy atom. The molecule has 0 spiro atoms. The maximum Gasteiger partial charge on any atom is 0.312 e. The average Bonchev–Trinajstić information content (AvgIpc) is 2.55. The zero-order valence-corrected chi connectivity index (χ0v) is 16.0. The predicted molar refractivity (Wildman–Crippen MR) is 94.1 cm³/mol. The van der Waals surface area contributed by atoms with E-state index in [1.165, 1.54) is 25.7 Å². The molecule has 7 rings (SSSR count). The smallest absolute Gasteiger partial charge is 0.312 e. The molecule has 7 fully saturated rings. The van der Waals surface area contributed by atoms with Crippen LogP contribution in [0.2, 0.25) is 0 Å². The maximum absolute atomic E-state index is 12.9. The first-order valence-electron chi connectivity index (χ1n) is 10.5. The highest BCUT2D eigenvalue weighted by Crippen LogP contribution is 2.75. The topological polar surface area (TPSA) is 26.3 Å². The Balaban J connectivity index is 1.50. The molecule has 24 heavy (non-hydrogen) atoms. The zero-order valence-electron chi connectivity index (χ0n) is 16.0. The SMILES string of the molecule is CCC(C)(C)C(=O)OC1(C)C2CC3C4CC5CC(C(C2)C3C5C)C41. The van der Waals surface area contributed by atoms with Crippen molar-refractivity contribution in [3.63, 3.8) is 0 Å². The summed E-state index contributed by atoms with van der Waals surface area (Å²) in [5, 5.41) is 0. The lowest BCUT2D eigenvalue weighted by molar-refractivity contribution is -0.303. The molecule has 6 atom stereocenters. The molecule has 0 aromatic rings. The highest BCUT2D eigenvalue weighted by atomic mass is 16.6. The van der Waals surface area contributed by atoms with Crippen molar-refractivity contribution < 1.29 is 9.53 Å². The lowest BCUT2D eigenvalue weighted by atomic mass is 9.31. The van der Waals surface area contributed by atoms with E-state index in [1.54, 1.807) is 0 Å². The largest absolute Gasteiger partial charge is 0.458 e. The summed E-state index contributed by atoms with van der Waals surface area (Å²) in [6.07, 6.45) is 6.38. The highest BCUT2D eigenvalue weighted by molar-refractivity contribution is 5.76. The molecule has 0 radical (unpaired) electrons. The van der Waals surface area contributed by atoms with Crippen LogP contribution in [-0.4, -0.2) is 11.6 Å². The summed E-state index contributed by atoms with van der Waals surface area (Å²) in [5.41, 5.74) is -0.522. The van der Waals surface area contributed by atoms with Gasteiger partial charge in [-0.1, -0.05) is 13.8 Å². The average molecular weight is 331 g/mol. The number of carbonyl (C=O) groups excluding carboxylic acids is 1. The van der Waals surface area contributed by atoms with Gasteiger partial charge in [0.2, 0.25) is 0 Å². The van der Waals surface area contributed by atoms with Gasteiger partial charge in [0.15, 0.2) is 0 Å². The van der Waals surface area contributed by atoms with Gasteiger partial charge in [0, 0.05) is 5.92 Å². The monoisotopic (exact) mass is 330 g/mol. The van der Waals surface area contributed by atoms with Crippen LogP contribution in [0, 0.1) is 58.7 Å². The third-order valence-corrected chi connectivity index (χ3v) is 9.85. The van der Waals surface area contributed by atoms with Gasteiger partial charge >= 0.3 is 5.97 Å². The Hall–Kier alpha value is -0.530. The number of carbonyl (C=O) groups is 1. The fraction of sp³-hybridized carbons (Fsp3) is 0.955. The molecule has 0 heterocycles. The Bertz CT molecular complexity index is 557. The van der Waals surface area contributed by atoms with E-state index >= 15 is 0 Å². The van der Waals surface area contributed by atoms with Gasteiger partial charge in [0.05, 0.1) is 5.41 Å². The molecule has 0 N–H and O–H groups in total. The van der Waals surface area contributed by atoms with Crippen LogP contribution in [0.3, 0.4) is 0 Å². The molecule has 0 aromatic heterocycles. The third-order valence-electron chi connectivity index (χ3n) is 9.85. The summed E-state index contributed by atoms with van der Waals surface area (Å²) in [6, 6.07) is 0. The summed E-state index contributed by atoms with van der Waals surface area (Å²) >= 11 is 0. The first-order chi connectivity index (χ1) is 11.3. The van der Waals surface area contributed by atoms with E-state index in [1.807, 2.05) is 13.8 Å². The van der Waals surface area contributed by atoms with Crippen LogP contribution in [-0.2, 0) is 9.53 Å². The molecule has 0 amide bonds. The molecule has 6 unspecified atom stereocenters. The van der Waals surface area contributed by atoms with Gasteiger partial charge in [-0.05, 0) is 100 Å². The maximum atomic E-state index is 12.9. The van der Waals surface area contributed by atoms with E-state index in [9.17, 15) is 4.79 Å². The van der Waals surface area contributed by atoms with E-state index in [2.05, 4.69) is 20.8 Å². The molecule has 8 bridgehead atoms. The summed E-state index contributed by atoms with van der Waals surface area (Å²) in [6.45, 7) is 11.1. The van der Waals surface area contributed by atoms with Gasteiger partial charge < -0.3 is 4.74 Å². The minimum absolute atomic E-state index is 0.0524. The molecule has 7 aliphatic rings. The molecule has 134 valence electrons. The van der Waals surface area contributed by atoms with Crippen molar-refractivity contribution >= 4 is 5.97 Å². The molecular weight excluding hydrogens is 296 g/mol. The van der Waals surface area contributed by atoms with Crippen molar-refractivity contribution in [3.05, 3.63) is 0 Å². The molecule has 0 aromatic carbocycles. The molecule has 7 aliphatic carbocycles. The van der Waals surface area contributed by atoms with Crippen LogP contribution in [0.1, 0.15) is 66.7 Å². The van der Waals surface area contributed by atoms with E-state index in [0.29, 0.717) is 11.8 Å². The van der Waals surface area contributed by atoms with Crippen molar-refractivity contribution in [2.75, 3.05) is 0 Å². The van der Waals surface area contributed by atoms with Crippen LogP contribution < -0.4 is 0 Å². The van der Waals surface area contributed by atoms with Crippen molar-refractivity contribution in [1.82, 2.24) is 0 Å². The Kier molecular flexibility index (Phi) is 3.01. The van der Waals surface area contributed by atoms with Gasteiger partial charge in [0.25, 0.3) is 0 Å². The van der Waals surface area contributed by atoms with Gasteiger partial charge in [-0.3, -0.25) is 4.79 Å². The van der Waals surface area contributed by atoms with Gasteiger partial charge in [-0.2, -0.15) is 0 Å². The summed E-state index contributed by atoms with van der Waals surface area (Å²) in [7, 11) is 0. The minimum atomic E-state index is -0.344. The first-order valence-corrected chi connectivity index (χ1v) is 10.5. The highest BCUT2D eigenvalue weighted by Gasteiger charge is 2.72. The number of hydrogen-bond donors (Lipinski definition) is 0. The standard InChI is InChI=1S/C22H34O2/c1-6-21(3,4)20(23)24-22(5)13-9-14-16-7-12-8-17(19(16)22)15(10-13)18(14)11(12)2/h11-19H,6-10H2,1-5H3. The number of rotatable bonds is 3. The summed E-state index contributed by atoms with van der Waals surface area (Å²) < 4.78 is 6.44. The van der Waals surface area contributed by atoms with Gasteiger partial charge in [-0.25, -0.2) is 0 Å². The zero-order chi connectivity index (χ0) is 17.0. The van der Waals surface area contributed by atoms with Crippen LogP contribution in [0.4, 0.5) is 0 Å². The summed E-state index contributed by atoms with van der Waals surface area (Å²) in [4.78, 5) is 12.9. The molecule has 0 aliphatic heterocycles. The second-order valence-corrected chi connectivity index (χ2v) is 10.8. The molecule has 2 heteroatoms. The Labute approximate surface area is 147 Å².